The van der Waals surface area contributed by atoms with Crippen LogP contribution in [0.4, 0.5) is 11.6 Å². The van der Waals surface area contributed by atoms with Crippen LogP contribution in [-0.4, -0.2) is 31.5 Å². The van der Waals surface area contributed by atoms with Gasteiger partial charge in [0.1, 0.15) is 0 Å². The van der Waals surface area contributed by atoms with Crippen molar-refractivity contribution in [2.75, 3.05) is 22.7 Å². The number of aromatic nitrogens is 2. The van der Waals surface area contributed by atoms with Crippen molar-refractivity contribution in [3.63, 3.8) is 0 Å². The zero-order valence-corrected chi connectivity index (χ0v) is 14.1. The smallest absolute Gasteiger partial charge is 0.262 e. The van der Waals surface area contributed by atoms with Crippen LogP contribution in [0.3, 0.4) is 0 Å². The SMILES string of the molecule is Cc1ccc(S(=O)(=O)Nc2cnc(N3CCCC3)nc2)cc1C. The van der Waals surface area contributed by atoms with Crippen molar-refractivity contribution in [3.05, 3.63) is 41.7 Å². The molecule has 0 radical (unpaired) electrons. The van der Waals surface area contributed by atoms with Crippen molar-refractivity contribution in [1.29, 1.82) is 0 Å². The second kappa shape index (κ2) is 6.16. The molecule has 6 nitrogen and oxygen atoms in total. The van der Waals surface area contributed by atoms with E-state index >= 15 is 0 Å². The Morgan fingerprint density at radius 1 is 1.04 bits per heavy atom. The summed E-state index contributed by atoms with van der Waals surface area (Å²) in [6.45, 7) is 5.74. The molecule has 1 aromatic carbocycles. The van der Waals surface area contributed by atoms with E-state index in [1.54, 1.807) is 18.2 Å². The molecule has 7 heteroatoms. The third-order valence-electron chi connectivity index (χ3n) is 4.07. The van der Waals surface area contributed by atoms with Crippen LogP contribution < -0.4 is 9.62 Å². The Hall–Kier alpha value is -2.15. The van der Waals surface area contributed by atoms with Gasteiger partial charge in [0.05, 0.1) is 23.0 Å². The molecular formula is C16H20N4O2S. The summed E-state index contributed by atoms with van der Waals surface area (Å²) in [5.74, 6) is 0.650. The monoisotopic (exact) mass is 332 g/mol. The largest absolute Gasteiger partial charge is 0.341 e. The molecule has 23 heavy (non-hydrogen) atoms. The fourth-order valence-corrected chi connectivity index (χ4v) is 3.66. The molecule has 1 aliphatic rings. The Morgan fingerprint density at radius 2 is 1.70 bits per heavy atom. The van der Waals surface area contributed by atoms with Gasteiger partial charge in [-0.05, 0) is 49.9 Å². The third-order valence-corrected chi connectivity index (χ3v) is 5.45. The highest BCUT2D eigenvalue weighted by molar-refractivity contribution is 7.92. The van der Waals surface area contributed by atoms with E-state index in [4.69, 9.17) is 0 Å². The highest BCUT2D eigenvalue weighted by Crippen LogP contribution is 2.20. The van der Waals surface area contributed by atoms with Crippen molar-refractivity contribution in [3.8, 4) is 0 Å². The number of sulfonamides is 1. The molecule has 0 aliphatic carbocycles. The summed E-state index contributed by atoms with van der Waals surface area (Å²) in [6, 6.07) is 5.07. The molecule has 2 heterocycles. The molecule has 0 spiro atoms. The van der Waals surface area contributed by atoms with Gasteiger partial charge in [-0.1, -0.05) is 6.07 Å². The lowest BCUT2D eigenvalue weighted by atomic mass is 10.1. The number of anilines is 2. The van der Waals surface area contributed by atoms with Crippen LogP contribution in [0.2, 0.25) is 0 Å². The van der Waals surface area contributed by atoms with Crippen molar-refractivity contribution in [2.45, 2.75) is 31.6 Å². The minimum atomic E-state index is -3.63. The molecule has 0 bridgehead atoms. The van der Waals surface area contributed by atoms with Crippen LogP contribution in [0.5, 0.6) is 0 Å². The van der Waals surface area contributed by atoms with Crippen LogP contribution in [0.1, 0.15) is 24.0 Å². The first-order chi connectivity index (χ1) is 11.0. The Labute approximate surface area is 136 Å². The zero-order valence-electron chi connectivity index (χ0n) is 13.3. The van der Waals surface area contributed by atoms with Gasteiger partial charge in [-0.25, -0.2) is 18.4 Å². The van der Waals surface area contributed by atoms with Gasteiger partial charge in [-0.2, -0.15) is 0 Å². The molecule has 2 aromatic rings. The first-order valence-electron chi connectivity index (χ1n) is 7.63. The van der Waals surface area contributed by atoms with E-state index in [2.05, 4.69) is 19.6 Å². The predicted octanol–water partition coefficient (Wildman–Crippen LogP) is 2.49. The second-order valence-corrected chi connectivity index (χ2v) is 7.50. The number of nitrogens with zero attached hydrogens (tertiary/aromatic N) is 3. The fourth-order valence-electron chi connectivity index (χ4n) is 2.55. The second-order valence-electron chi connectivity index (χ2n) is 5.82. The summed E-state index contributed by atoms with van der Waals surface area (Å²) in [4.78, 5) is 10.9. The lowest BCUT2D eigenvalue weighted by molar-refractivity contribution is 0.601. The molecular weight excluding hydrogens is 312 g/mol. The minimum absolute atomic E-state index is 0.240. The van der Waals surface area contributed by atoms with Gasteiger partial charge in [0.2, 0.25) is 5.95 Å². The number of hydrogen-bond donors (Lipinski definition) is 1. The van der Waals surface area contributed by atoms with Gasteiger partial charge in [-0.15, -0.1) is 0 Å². The van der Waals surface area contributed by atoms with Gasteiger partial charge >= 0.3 is 0 Å². The number of benzene rings is 1. The van der Waals surface area contributed by atoms with E-state index in [1.165, 1.54) is 12.4 Å². The van der Waals surface area contributed by atoms with E-state index in [0.717, 1.165) is 37.1 Å². The molecule has 3 rings (SSSR count). The molecule has 0 unspecified atom stereocenters. The third kappa shape index (κ3) is 3.44. The number of aryl methyl sites for hydroxylation is 2. The maximum atomic E-state index is 12.4. The van der Waals surface area contributed by atoms with Gasteiger partial charge in [0.15, 0.2) is 0 Å². The van der Waals surface area contributed by atoms with Gasteiger partial charge in [0, 0.05) is 13.1 Å². The maximum absolute atomic E-state index is 12.4. The quantitative estimate of drug-likeness (QED) is 0.931. The molecule has 0 saturated carbocycles. The summed E-state index contributed by atoms with van der Waals surface area (Å²) < 4.78 is 27.4. The summed E-state index contributed by atoms with van der Waals surface area (Å²) in [6.07, 6.45) is 5.31. The standard InChI is InChI=1S/C16H20N4O2S/c1-12-5-6-15(9-13(12)2)23(21,22)19-14-10-17-16(18-11-14)20-7-3-4-8-20/h5-6,9-11,19H,3-4,7-8H2,1-2H3. The molecule has 1 fully saturated rings. The zero-order chi connectivity index (χ0) is 16.4. The summed E-state index contributed by atoms with van der Waals surface area (Å²) >= 11 is 0. The molecule has 1 aliphatic heterocycles. The maximum Gasteiger partial charge on any atom is 0.262 e. The Bertz CT molecular complexity index is 797. The van der Waals surface area contributed by atoms with Crippen LogP contribution in [-0.2, 0) is 10.0 Å². The fraction of sp³-hybridized carbons (Fsp3) is 0.375. The summed E-state index contributed by atoms with van der Waals surface area (Å²) in [5.41, 5.74) is 2.36. The van der Waals surface area contributed by atoms with Gasteiger partial charge in [-0.3, -0.25) is 4.72 Å². The lowest BCUT2D eigenvalue weighted by Gasteiger charge is -2.15. The first kappa shape index (κ1) is 15.7. The highest BCUT2D eigenvalue weighted by Gasteiger charge is 2.17. The number of nitrogens with one attached hydrogen (secondary N) is 1. The van der Waals surface area contributed by atoms with Crippen LogP contribution in [0, 0.1) is 13.8 Å². The van der Waals surface area contributed by atoms with E-state index in [9.17, 15) is 8.42 Å². The molecule has 0 amide bonds. The van der Waals surface area contributed by atoms with Crippen LogP contribution in [0.15, 0.2) is 35.5 Å². The van der Waals surface area contributed by atoms with Crippen molar-refractivity contribution in [2.24, 2.45) is 0 Å². The van der Waals surface area contributed by atoms with E-state index < -0.39 is 10.0 Å². The van der Waals surface area contributed by atoms with Crippen LogP contribution in [0.25, 0.3) is 0 Å². The van der Waals surface area contributed by atoms with E-state index in [1.807, 2.05) is 13.8 Å². The molecule has 1 aromatic heterocycles. The Morgan fingerprint density at radius 3 is 2.30 bits per heavy atom. The van der Waals surface area contributed by atoms with Crippen molar-refractivity contribution >= 4 is 21.7 Å². The van der Waals surface area contributed by atoms with Gasteiger partial charge < -0.3 is 4.90 Å². The summed E-state index contributed by atoms with van der Waals surface area (Å²) in [5, 5.41) is 0. The summed E-state index contributed by atoms with van der Waals surface area (Å²) in [7, 11) is -3.63. The molecule has 1 saturated heterocycles. The Kier molecular flexibility index (Phi) is 4.21. The van der Waals surface area contributed by atoms with E-state index in [-0.39, 0.29) is 4.90 Å². The molecule has 122 valence electrons. The van der Waals surface area contributed by atoms with E-state index in [0.29, 0.717) is 11.6 Å². The molecule has 1 N–H and O–H groups in total. The van der Waals surface area contributed by atoms with Crippen molar-refractivity contribution in [1.82, 2.24) is 9.97 Å². The average Bonchev–Trinajstić information content (AvgIpc) is 3.04. The average molecular weight is 332 g/mol. The highest BCUT2D eigenvalue weighted by atomic mass is 32.2. The normalized spacial score (nSPS) is 15.0. The first-order valence-corrected chi connectivity index (χ1v) is 9.11. The number of rotatable bonds is 4. The Balaban J connectivity index is 1.78. The number of hydrogen-bond acceptors (Lipinski definition) is 5. The van der Waals surface area contributed by atoms with Crippen LogP contribution >= 0.6 is 0 Å². The minimum Gasteiger partial charge on any atom is -0.341 e. The van der Waals surface area contributed by atoms with Gasteiger partial charge in [0.25, 0.3) is 10.0 Å². The molecule has 0 atom stereocenters. The lowest BCUT2D eigenvalue weighted by Crippen LogP contribution is -2.20. The van der Waals surface area contributed by atoms with Crippen molar-refractivity contribution < 1.29 is 8.42 Å². The predicted molar refractivity (Wildman–Crippen MR) is 90.2 cm³/mol. The topological polar surface area (TPSA) is 75.2 Å².